The zero-order valence-corrected chi connectivity index (χ0v) is 14.4. The van der Waals surface area contributed by atoms with Crippen molar-refractivity contribution >= 4 is 23.2 Å². The molecule has 2 aromatic rings. The molecule has 0 atom stereocenters. The third-order valence-corrected chi connectivity index (χ3v) is 3.94. The van der Waals surface area contributed by atoms with Crippen LogP contribution in [0.3, 0.4) is 0 Å². The standard InChI is InChI=1S/C18H21Cl2NO2/c19-16-10-15(12-21-8-4-5-9-22)11-17(20)18(16)23-13-14-6-2-1-3-7-14/h1-3,6-7,10-11,21-22H,4-5,8-9,12-13H2. The van der Waals surface area contributed by atoms with Crippen LogP contribution in [0.5, 0.6) is 5.75 Å². The monoisotopic (exact) mass is 353 g/mol. The van der Waals surface area contributed by atoms with E-state index in [1.165, 1.54) is 0 Å². The minimum atomic E-state index is 0.229. The quantitative estimate of drug-likeness (QED) is 0.655. The Balaban J connectivity index is 1.91. The van der Waals surface area contributed by atoms with Gasteiger partial charge in [0, 0.05) is 13.2 Å². The number of hydrogen-bond donors (Lipinski definition) is 2. The van der Waals surface area contributed by atoms with Crippen LogP contribution in [0.1, 0.15) is 24.0 Å². The second kappa shape index (κ2) is 9.78. The Kier molecular flexibility index (Phi) is 7.69. The molecule has 0 aromatic heterocycles. The molecular formula is C18H21Cl2NO2. The van der Waals surface area contributed by atoms with Gasteiger partial charge in [0.1, 0.15) is 6.61 Å². The summed E-state index contributed by atoms with van der Waals surface area (Å²) in [5.74, 6) is 0.515. The number of aliphatic hydroxyl groups excluding tert-OH is 1. The van der Waals surface area contributed by atoms with E-state index in [4.69, 9.17) is 33.0 Å². The van der Waals surface area contributed by atoms with Gasteiger partial charge >= 0.3 is 0 Å². The highest BCUT2D eigenvalue weighted by atomic mass is 35.5. The maximum Gasteiger partial charge on any atom is 0.156 e. The Morgan fingerprint density at radius 1 is 0.957 bits per heavy atom. The summed E-state index contributed by atoms with van der Waals surface area (Å²) in [6.07, 6.45) is 1.75. The van der Waals surface area contributed by atoms with Gasteiger partial charge in [0.2, 0.25) is 0 Å². The molecule has 0 bridgehead atoms. The lowest BCUT2D eigenvalue weighted by Crippen LogP contribution is -2.15. The second-order valence-electron chi connectivity index (χ2n) is 5.27. The lowest BCUT2D eigenvalue weighted by Gasteiger charge is -2.12. The number of aliphatic hydroxyl groups is 1. The zero-order valence-electron chi connectivity index (χ0n) is 12.9. The third kappa shape index (κ3) is 6.04. The summed E-state index contributed by atoms with van der Waals surface area (Å²) in [6.45, 7) is 2.19. The molecule has 5 heteroatoms. The van der Waals surface area contributed by atoms with Crippen molar-refractivity contribution < 1.29 is 9.84 Å². The van der Waals surface area contributed by atoms with Crippen LogP contribution in [-0.4, -0.2) is 18.3 Å². The number of halogens is 2. The first-order valence-electron chi connectivity index (χ1n) is 7.67. The third-order valence-electron chi connectivity index (χ3n) is 3.37. The van der Waals surface area contributed by atoms with E-state index in [-0.39, 0.29) is 6.61 Å². The summed E-state index contributed by atoms with van der Waals surface area (Å²) in [5.41, 5.74) is 2.07. The lowest BCUT2D eigenvalue weighted by atomic mass is 10.2. The molecular weight excluding hydrogens is 333 g/mol. The van der Waals surface area contributed by atoms with Crippen LogP contribution in [0.4, 0.5) is 0 Å². The largest absolute Gasteiger partial charge is 0.486 e. The Bertz CT molecular complexity index is 582. The molecule has 0 radical (unpaired) electrons. The summed E-state index contributed by atoms with van der Waals surface area (Å²) < 4.78 is 5.75. The predicted octanol–water partition coefficient (Wildman–Crippen LogP) is 4.43. The van der Waals surface area contributed by atoms with Crippen LogP contribution in [0.15, 0.2) is 42.5 Å². The van der Waals surface area contributed by atoms with Crippen LogP contribution >= 0.6 is 23.2 Å². The number of hydrogen-bond acceptors (Lipinski definition) is 3. The molecule has 0 fully saturated rings. The molecule has 0 spiro atoms. The highest BCUT2D eigenvalue weighted by Gasteiger charge is 2.10. The number of benzene rings is 2. The number of rotatable bonds is 9. The Labute approximate surface area is 147 Å². The molecule has 0 aliphatic heterocycles. The Hall–Kier alpha value is -1.26. The molecule has 2 aromatic carbocycles. The first kappa shape index (κ1) is 18.1. The van der Waals surface area contributed by atoms with Crippen molar-refractivity contribution in [3.05, 3.63) is 63.6 Å². The van der Waals surface area contributed by atoms with Gasteiger partial charge in [-0.05, 0) is 42.6 Å². The van der Waals surface area contributed by atoms with Gasteiger partial charge in [0.15, 0.2) is 5.75 Å². The van der Waals surface area contributed by atoms with Crippen molar-refractivity contribution in [2.45, 2.75) is 26.0 Å². The van der Waals surface area contributed by atoms with E-state index in [9.17, 15) is 0 Å². The molecule has 0 saturated heterocycles. The SMILES string of the molecule is OCCCCNCc1cc(Cl)c(OCc2ccccc2)c(Cl)c1. The van der Waals surface area contributed by atoms with Crippen molar-refractivity contribution in [1.29, 1.82) is 0 Å². The molecule has 3 nitrogen and oxygen atoms in total. The molecule has 23 heavy (non-hydrogen) atoms. The van der Waals surface area contributed by atoms with E-state index in [2.05, 4.69) is 5.32 Å². The maximum absolute atomic E-state index is 8.74. The average Bonchev–Trinajstić information content (AvgIpc) is 2.55. The maximum atomic E-state index is 8.74. The van der Waals surface area contributed by atoms with Crippen LogP contribution in [0.2, 0.25) is 10.0 Å². The van der Waals surface area contributed by atoms with Gasteiger partial charge in [0.25, 0.3) is 0 Å². The van der Waals surface area contributed by atoms with Crippen molar-refractivity contribution in [1.82, 2.24) is 5.32 Å². The van der Waals surface area contributed by atoms with Crippen LogP contribution in [-0.2, 0) is 13.2 Å². The summed E-state index contributed by atoms with van der Waals surface area (Å²) >= 11 is 12.6. The molecule has 0 heterocycles. The van der Waals surface area contributed by atoms with E-state index in [0.717, 1.165) is 30.5 Å². The van der Waals surface area contributed by atoms with Gasteiger partial charge in [-0.15, -0.1) is 0 Å². The highest BCUT2D eigenvalue weighted by Crippen LogP contribution is 2.34. The molecule has 0 amide bonds. The van der Waals surface area contributed by atoms with Gasteiger partial charge in [-0.25, -0.2) is 0 Å². The zero-order chi connectivity index (χ0) is 16.5. The molecule has 0 aliphatic rings. The van der Waals surface area contributed by atoms with Gasteiger partial charge in [-0.1, -0.05) is 53.5 Å². The Morgan fingerprint density at radius 3 is 2.30 bits per heavy atom. The van der Waals surface area contributed by atoms with Crippen molar-refractivity contribution in [3.63, 3.8) is 0 Å². The van der Waals surface area contributed by atoms with Gasteiger partial charge in [-0.3, -0.25) is 0 Å². The minimum absolute atomic E-state index is 0.229. The molecule has 124 valence electrons. The fourth-order valence-corrected chi connectivity index (χ4v) is 2.82. The predicted molar refractivity (Wildman–Crippen MR) is 95.3 cm³/mol. The van der Waals surface area contributed by atoms with Crippen LogP contribution in [0, 0.1) is 0 Å². The van der Waals surface area contributed by atoms with E-state index in [0.29, 0.717) is 28.9 Å². The van der Waals surface area contributed by atoms with E-state index in [1.807, 2.05) is 42.5 Å². The molecule has 0 saturated carbocycles. The summed E-state index contributed by atoms with van der Waals surface area (Å²) in [7, 11) is 0. The smallest absolute Gasteiger partial charge is 0.156 e. The van der Waals surface area contributed by atoms with Gasteiger partial charge < -0.3 is 15.2 Å². The van der Waals surface area contributed by atoms with Gasteiger partial charge in [0.05, 0.1) is 10.0 Å². The van der Waals surface area contributed by atoms with Crippen molar-refractivity contribution in [2.75, 3.05) is 13.2 Å². The van der Waals surface area contributed by atoms with Gasteiger partial charge in [-0.2, -0.15) is 0 Å². The van der Waals surface area contributed by atoms with E-state index < -0.39 is 0 Å². The molecule has 0 unspecified atom stereocenters. The first-order chi connectivity index (χ1) is 11.2. The molecule has 2 rings (SSSR count). The Morgan fingerprint density at radius 2 is 1.65 bits per heavy atom. The summed E-state index contributed by atoms with van der Waals surface area (Å²) in [4.78, 5) is 0. The van der Waals surface area contributed by atoms with Crippen molar-refractivity contribution in [3.8, 4) is 5.75 Å². The second-order valence-corrected chi connectivity index (χ2v) is 6.08. The molecule has 0 aliphatic carbocycles. The number of ether oxygens (including phenoxy) is 1. The van der Waals surface area contributed by atoms with Crippen LogP contribution < -0.4 is 10.1 Å². The van der Waals surface area contributed by atoms with Crippen LogP contribution in [0.25, 0.3) is 0 Å². The van der Waals surface area contributed by atoms with E-state index >= 15 is 0 Å². The minimum Gasteiger partial charge on any atom is -0.486 e. The summed E-state index contributed by atoms with van der Waals surface area (Å²) in [6, 6.07) is 13.6. The fourth-order valence-electron chi connectivity index (χ4n) is 2.18. The van der Waals surface area contributed by atoms with Crippen molar-refractivity contribution in [2.24, 2.45) is 0 Å². The topological polar surface area (TPSA) is 41.5 Å². The molecule has 2 N–H and O–H groups in total. The summed E-state index contributed by atoms with van der Waals surface area (Å²) in [5, 5.41) is 13.1. The average molecular weight is 354 g/mol. The lowest BCUT2D eigenvalue weighted by molar-refractivity contribution is 0.283. The fraction of sp³-hybridized carbons (Fsp3) is 0.333. The number of unbranched alkanes of at least 4 members (excludes halogenated alkanes) is 1. The van der Waals surface area contributed by atoms with E-state index in [1.54, 1.807) is 0 Å². The normalized spacial score (nSPS) is 10.7. The first-order valence-corrected chi connectivity index (χ1v) is 8.42. The highest BCUT2D eigenvalue weighted by molar-refractivity contribution is 6.37. The number of nitrogens with one attached hydrogen (secondary N) is 1.